The van der Waals surface area contributed by atoms with Crippen molar-refractivity contribution in [2.45, 2.75) is 41.5 Å². The van der Waals surface area contributed by atoms with E-state index in [1.165, 1.54) is 0 Å². The van der Waals surface area contributed by atoms with Crippen molar-refractivity contribution in [3.8, 4) is 23.0 Å². The lowest BCUT2D eigenvalue weighted by molar-refractivity contribution is 0.449. The maximum atomic E-state index is 9.40. The molecule has 0 amide bonds. The van der Waals surface area contributed by atoms with E-state index < -0.39 is 0 Å². The van der Waals surface area contributed by atoms with Gasteiger partial charge in [-0.2, -0.15) is 0 Å². The molecule has 0 aliphatic rings. The average molecular weight is 304 g/mol. The maximum Gasteiger partial charge on any atom is 0.121 e. The quantitative estimate of drug-likeness (QED) is 0.554. The van der Waals surface area contributed by atoms with Crippen LogP contribution in [0.25, 0.3) is 0 Å². The lowest BCUT2D eigenvalue weighted by Crippen LogP contribution is -1.85. The highest BCUT2D eigenvalue weighted by Crippen LogP contribution is 2.31. The number of aryl methyl sites for hydroxylation is 2. The molecular formula is C18H24O4. The second kappa shape index (κ2) is 6.60. The van der Waals surface area contributed by atoms with E-state index in [1.54, 1.807) is 53.7 Å². The maximum absolute atomic E-state index is 9.40. The first kappa shape index (κ1) is 17.7. The van der Waals surface area contributed by atoms with Gasteiger partial charge in [-0.1, -0.05) is 0 Å². The molecule has 4 N–H and O–H groups in total. The molecule has 120 valence electrons. The summed E-state index contributed by atoms with van der Waals surface area (Å²) in [5.74, 6) is 1.05. The molecule has 2 rings (SSSR count). The van der Waals surface area contributed by atoms with Crippen LogP contribution in [0.5, 0.6) is 23.0 Å². The molecule has 0 unspecified atom stereocenters. The zero-order chi connectivity index (χ0) is 17.2. The Morgan fingerprint density at radius 2 is 0.773 bits per heavy atom. The molecule has 0 heterocycles. The van der Waals surface area contributed by atoms with Gasteiger partial charge in [0.2, 0.25) is 0 Å². The van der Waals surface area contributed by atoms with E-state index >= 15 is 0 Å². The molecule has 0 saturated heterocycles. The minimum Gasteiger partial charge on any atom is -0.508 e. The molecular weight excluding hydrogens is 280 g/mol. The molecule has 0 bridgehead atoms. The summed E-state index contributed by atoms with van der Waals surface area (Å²) in [6.45, 7) is 10.7. The standard InChI is InChI=1S/2C9H12O2/c2*1-5-4-8(10)6(2)7(3)9(5)11/h2*4,10-11H,1-3H3. The smallest absolute Gasteiger partial charge is 0.121 e. The van der Waals surface area contributed by atoms with Gasteiger partial charge in [-0.3, -0.25) is 0 Å². The molecule has 4 heteroatoms. The van der Waals surface area contributed by atoms with E-state index in [0.29, 0.717) is 11.1 Å². The van der Waals surface area contributed by atoms with Gasteiger partial charge in [0.15, 0.2) is 0 Å². The Morgan fingerprint density at radius 1 is 0.500 bits per heavy atom. The second-order valence-electron chi connectivity index (χ2n) is 5.62. The zero-order valence-electron chi connectivity index (χ0n) is 13.9. The highest BCUT2D eigenvalue weighted by atomic mass is 16.3. The Morgan fingerprint density at radius 3 is 1.05 bits per heavy atom. The minimum atomic E-state index is 0.248. The van der Waals surface area contributed by atoms with Gasteiger partial charge in [-0.25, -0.2) is 0 Å². The largest absolute Gasteiger partial charge is 0.508 e. The fourth-order valence-electron chi connectivity index (χ4n) is 2.09. The first-order chi connectivity index (χ1) is 10.1. The first-order valence-electron chi connectivity index (χ1n) is 7.05. The number of rotatable bonds is 0. The number of hydrogen-bond acceptors (Lipinski definition) is 4. The third kappa shape index (κ3) is 3.45. The molecule has 0 aliphatic heterocycles. The van der Waals surface area contributed by atoms with Crippen LogP contribution >= 0.6 is 0 Å². The van der Waals surface area contributed by atoms with Crippen molar-refractivity contribution in [3.05, 3.63) is 45.5 Å². The summed E-state index contributed by atoms with van der Waals surface area (Å²) in [5, 5.41) is 37.4. The summed E-state index contributed by atoms with van der Waals surface area (Å²) in [5.41, 5.74) is 4.42. The average Bonchev–Trinajstić information content (AvgIpc) is 2.47. The Hall–Kier alpha value is -2.36. The summed E-state index contributed by atoms with van der Waals surface area (Å²) >= 11 is 0. The first-order valence-corrected chi connectivity index (χ1v) is 7.05. The van der Waals surface area contributed by atoms with Crippen LogP contribution in [0.1, 0.15) is 33.4 Å². The van der Waals surface area contributed by atoms with Crippen molar-refractivity contribution >= 4 is 0 Å². The Balaban J connectivity index is 0.000000220. The Bertz CT molecular complexity index is 589. The summed E-state index contributed by atoms with van der Waals surface area (Å²) in [7, 11) is 0. The van der Waals surface area contributed by atoms with E-state index in [0.717, 1.165) is 22.3 Å². The van der Waals surface area contributed by atoms with E-state index in [9.17, 15) is 20.4 Å². The third-order valence-corrected chi connectivity index (χ3v) is 4.06. The highest BCUT2D eigenvalue weighted by molar-refractivity contribution is 5.51. The van der Waals surface area contributed by atoms with Crippen LogP contribution in [0, 0.1) is 41.5 Å². The van der Waals surface area contributed by atoms with Gasteiger partial charge in [-0.05, 0) is 87.1 Å². The van der Waals surface area contributed by atoms with Gasteiger partial charge in [0.05, 0.1) is 0 Å². The van der Waals surface area contributed by atoms with Gasteiger partial charge in [0, 0.05) is 0 Å². The number of phenolic OH excluding ortho intramolecular Hbond substituents is 4. The lowest BCUT2D eigenvalue weighted by Gasteiger charge is -2.07. The van der Waals surface area contributed by atoms with Crippen LogP contribution in [-0.2, 0) is 0 Å². The molecule has 0 aliphatic carbocycles. The number of aromatic hydroxyl groups is 4. The molecule has 0 spiro atoms. The van der Waals surface area contributed by atoms with Crippen molar-refractivity contribution in [1.29, 1.82) is 0 Å². The lowest BCUT2D eigenvalue weighted by atomic mass is 10.0. The summed E-state index contributed by atoms with van der Waals surface area (Å²) in [4.78, 5) is 0. The summed E-state index contributed by atoms with van der Waals surface area (Å²) in [6, 6.07) is 3.13. The molecule has 0 saturated carbocycles. The van der Waals surface area contributed by atoms with Gasteiger partial charge >= 0.3 is 0 Å². The van der Waals surface area contributed by atoms with E-state index in [4.69, 9.17) is 0 Å². The van der Waals surface area contributed by atoms with Crippen LogP contribution < -0.4 is 0 Å². The molecule has 0 fully saturated rings. The van der Waals surface area contributed by atoms with Crippen molar-refractivity contribution < 1.29 is 20.4 Å². The van der Waals surface area contributed by atoms with Crippen molar-refractivity contribution in [3.63, 3.8) is 0 Å². The fourth-order valence-corrected chi connectivity index (χ4v) is 2.09. The molecule has 2 aromatic carbocycles. The number of benzene rings is 2. The van der Waals surface area contributed by atoms with Crippen LogP contribution in [0.2, 0.25) is 0 Å². The van der Waals surface area contributed by atoms with Gasteiger partial charge in [0.25, 0.3) is 0 Å². The van der Waals surface area contributed by atoms with Crippen LogP contribution in [0.15, 0.2) is 12.1 Å². The summed E-state index contributed by atoms with van der Waals surface area (Å²) in [6.07, 6.45) is 0. The van der Waals surface area contributed by atoms with Gasteiger partial charge in [-0.15, -0.1) is 0 Å². The normalized spacial score (nSPS) is 10.1. The van der Waals surface area contributed by atoms with E-state index in [1.807, 2.05) is 0 Å². The Labute approximate surface area is 131 Å². The van der Waals surface area contributed by atoms with Crippen molar-refractivity contribution in [2.24, 2.45) is 0 Å². The van der Waals surface area contributed by atoms with Crippen LogP contribution in [0.4, 0.5) is 0 Å². The topological polar surface area (TPSA) is 80.9 Å². The van der Waals surface area contributed by atoms with Crippen molar-refractivity contribution in [1.82, 2.24) is 0 Å². The molecule has 0 aromatic heterocycles. The Kier molecular flexibility index (Phi) is 5.31. The minimum absolute atomic E-state index is 0.248. The highest BCUT2D eigenvalue weighted by Gasteiger charge is 2.07. The second-order valence-corrected chi connectivity index (χ2v) is 5.62. The number of phenols is 4. The van der Waals surface area contributed by atoms with Gasteiger partial charge in [0.1, 0.15) is 23.0 Å². The summed E-state index contributed by atoms with van der Waals surface area (Å²) < 4.78 is 0. The molecule has 0 atom stereocenters. The zero-order valence-corrected chi connectivity index (χ0v) is 13.9. The molecule has 2 aromatic rings. The predicted octanol–water partition coefficient (Wildman–Crippen LogP) is 4.05. The molecule has 22 heavy (non-hydrogen) atoms. The van der Waals surface area contributed by atoms with E-state index in [2.05, 4.69) is 0 Å². The molecule has 4 nitrogen and oxygen atoms in total. The van der Waals surface area contributed by atoms with Crippen LogP contribution in [-0.4, -0.2) is 20.4 Å². The fraction of sp³-hybridized carbons (Fsp3) is 0.333. The SMILES string of the molecule is Cc1cc(O)c(C)c(C)c1O.Cc1cc(O)c(C)c(C)c1O. The predicted molar refractivity (Wildman–Crippen MR) is 88.0 cm³/mol. The van der Waals surface area contributed by atoms with Crippen LogP contribution in [0.3, 0.4) is 0 Å². The number of hydrogen-bond donors (Lipinski definition) is 4. The van der Waals surface area contributed by atoms with Gasteiger partial charge < -0.3 is 20.4 Å². The van der Waals surface area contributed by atoms with E-state index in [-0.39, 0.29) is 23.0 Å². The monoisotopic (exact) mass is 304 g/mol. The molecule has 0 radical (unpaired) electrons. The van der Waals surface area contributed by atoms with Crippen molar-refractivity contribution in [2.75, 3.05) is 0 Å². The third-order valence-electron chi connectivity index (χ3n) is 4.06.